The van der Waals surface area contributed by atoms with E-state index in [4.69, 9.17) is 9.47 Å². The number of ether oxygens (including phenoxy) is 2. The molecule has 2 fully saturated rings. The predicted molar refractivity (Wildman–Crippen MR) is 79.5 cm³/mol. The van der Waals surface area contributed by atoms with Crippen LogP contribution >= 0.6 is 0 Å². The van der Waals surface area contributed by atoms with Gasteiger partial charge in [0, 0.05) is 12.6 Å². The molecule has 2 aliphatic heterocycles. The molecule has 1 N–H and O–H groups in total. The topological polar surface area (TPSA) is 50.8 Å². The summed E-state index contributed by atoms with van der Waals surface area (Å²) < 4.78 is 10.6. The molecule has 1 saturated carbocycles. The molecule has 1 atom stereocenters. The number of amides is 1. The fraction of sp³-hybridized carbons (Fsp3) is 0.812. The summed E-state index contributed by atoms with van der Waals surface area (Å²) >= 11 is 0. The van der Waals surface area contributed by atoms with Gasteiger partial charge in [-0.25, -0.2) is 0 Å². The van der Waals surface area contributed by atoms with E-state index in [0.717, 1.165) is 25.3 Å². The number of nitrogens with zero attached hydrogens (tertiary/aromatic N) is 1. The monoisotopic (exact) mass is 294 g/mol. The summed E-state index contributed by atoms with van der Waals surface area (Å²) in [6.45, 7) is 3.60. The zero-order valence-electron chi connectivity index (χ0n) is 12.7. The average molecular weight is 294 g/mol. The van der Waals surface area contributed by atoms with Gasteiger partial charge in [0.1, 0.15) is 25.2 Å². The number of hydrogen-bond donors (Lipinski definition) is 1. The van der Waals surface area contributed by atoms with Crippen LogP contribution in [0.3, 0.4) is 0 Å². The summed E-state index contributed by atoms with van der Waals surface area (Å²) in [5.74, 6) is 1.01. The van der Waals surface area contributed by atoms with Crippen LogP contribution < -0.4 is 5.32 Å². The normalized spacial score (nSPS) is 27.6. The van der Waals surface area contributed by atoms with Crippen molar-refractivity contribution in [2.24, 2.45) is 5.92 Å². The number of carbonyl (C=O) groups excluding carboxylic acids is 1. The van der Waals surface area contributed by atoms with Gasteiger partial charge in [-0.2, -0.15) is 0 Å². The molecule has 0 unspecified atom stereocenters. The molecule has 118 valence electrons. The number of hydrogen-bond acceptors (Lipinski definition) is 4. The molecule has 2 heterocycles. The molecule has 0 aromatic rings. The zero-order chi connectivity index (χ0) is 14.5. The lowest BCUT2D eigenvalue weighted by atomic mass is 9.94. The van der Waals surface area contributed by atoms with Crippen molar-refractivity contribution in [2.75, 3.05) is 32.8 Å². The highest BCUT2D eigenvalue weighted by Gasteiger charge is 2.32. The zero-order valence-corrected chi connectivity index (χ0v) is 12.7. The largest absolute Gasteiger partial charge is 0.494 e. The van der Waals surface area contributed by atoms with Gasteiger partial charge in [-0.15, -0.1) is 0 Å². The molecule has 0 aromatic heterocycles. The van der Waals surface area contributed by atoms with E-state index in [1.54, 1.807) is 6.26 Å². The third kappa shape index (κ3) is 3.90. The lowest BCUT2D eigenvalue weighted by molar-refractivity contribution is -0.124. The van der Waals surface area contributed by atoms with Gasteiger partial charge >= 0.3 is 0 Å². The second-order valence-corrected chi connectivity index (χ2v) is 6.29. The summed E-state index contributed by atoms with van der Waals surface area (Å²) in [7, 11) is 0. The fourth-order valence-electron chi connectivity index (χ4n) is 3.60. The van der Waals surface area contributed by atoms with Gasteiger partial charge in [0.15, 0.2) is 0 Å². The van der Waals surface area contributed by atoms with Gasteiger partial charge < -0.3 is 14.8 Å². The van der Waals surface area contributed by atoms with Crippen LogP contribution in [0, 0.1) is 5.92 Å². The maximum absolute atomic E-state index is 12.3. The summed E-state index contributed by atoms with van der Waals surface area (Å²) in [5.41, 5.74) is 0. The minimum absolute atomic E-state index is 0.136. The molecule has 3 aliphatic rings. The highest BCUT2D eigenvalue weighted by molar-refractivity contribution is 5.79. The van der Waals surface area contributed by atoms with Gasteiger partial charge in [0.05, 0.1) is 12.5 Å². The van der Waals surface area contributed by atoms with Crippen LogP contribution in [0.5, 0.6) is 0 Å². The number of likely N-dealkylation sites (tertiary alicyclic amines) is 1. The van der Waals surface area contributed by atoms with E-state index in [1.807, 2.05) is 0 Å². The molecule has 0 spiro atoms. The first kappa shape index (κ1) is 14.7. The smallest absolute Gasteiger partial charge is 0.224 e. The Morgan fingerprint density at radius 3 is 2.86 bits per heavy atom. The van der Waals surface area contributed by atoms with Gasteiger partial charge in [0.25, 0.3) is 0 Å². The minimum Gasteiger partial charge on any atom is -0.494 e. The Labute approximate surface area is 126 Å². The van der Waals surface area contributed by atoms with Crippen molar-refractivity contribution in [3.05, 3.63) is 12.0 Å². The quantitative estimate of drug-likeness (QED) is 0.856. The first-order chi connectivity index (χ1) is 10.3. The molecular weight excluding hydrogens is 268 g/mol. The van der Waals surface area contributed by atoms with Crippen molar-refractivity contribution in [2.45, 2.75) is 44.6 Å². The molecule has 5 heteroatoms. The minimum atomic E-state index is 0.136. The SMILES string of the molecule is O=C(NCC1=COCCO1)[C@H]1CCN(C2CCCCC2)C1. The molecule has 0 bridgehead atoms. The van der Waals surface area contributed by atoms with E-state index in [1.165, 1.54) is 32.1 Å². The van der Waals surface area contributed by atoms with Crippen LogP contribution in [0.25, 0.3) is 0 Å². The van der Waals surface area contributed by atoms with Crippen LogP contribution in [-0.4, -0.2) is 49.7 Å². The van der Waals surface area contributed by atoms with Crippen molar-refractivity contribution in [3.63, 3.8) is 0 Å². The maximum atomic E-state index is 12.3. The Morgan fingerprint density at radius 2 is 2.10 bits per heavy atom. The number of nitrogens with one attached hydrogen (secondary N) is 1. The molecule has 5 nitrogen and oxygen atoms in total. The van der Waals surface area contributed by atoms with Crippen molar-refractivity contribution in [3.8, 4) is 0 Å². The highest BCUT2D eigenvalue weighted by Crippen LogP contribution is 2.27. The average Bonchev–Trinajstić information content (AvgIpc) is 3.04. The summed E-state index contributed by atoms with van der Waals surface area (Å²) in [5, 5.41) is 2.98. The van der Waals surface area contributed by atoms with E-state index in [9.17, 15) is 4.79 Å². The van der Waals surface area contributed by atoms with Crippen LogP contribution in [0.15, 0.2) is 12.0 Å². The molecule has 1 saturated heterocycles. The molecule has 1 aliphatic carbocycles. The molecule has 3 rings (SSSR count). The number of carbonyl (C=O) groups is 1. The Morgan fingerprint density at radius 1 is 1.24 bits per heavy atom. The fourth-order valence-corrected chi connectivity index (χ4v) is 3.60. The Bertz CT molecular complexity index is 391. The van der Waals surface area contributed by atoms with Crippen LogP contribution in [0.4, 0.5) is 0 Å². The van der Waals surface area contributed by atoms with Gasteiger partial charge in [-0.1, -0.05) is 19.3 Å². The van der Waals surface area contributed by atoms with E-state index >= 15 is 0 Å². The van der Waals surface area contributed by atoms with Crippen molar-refractivity contribution < 1.29 is 14.3 Å². The van der Waals surface area contributed by atoms with Gasteiger partial charge in [0.2, 0.25) is 5.91 Å². The van der Waals surface area contributed by atoms with E-state index < -0.39 is 0 Å². The first-order valence-corrected chi connectivity index (χ1v) is 8.28. The van der Waals surface area contributed by atoms with Crippen molar-refractivity contribution in [1.29, 1.82) is 0 Å². The lowest BCUT2D eigenvalue weighted by Gasteiger charge is -2.30. The Balaban J connectivity index is 1.42. The van der Waals surface area contributed by atoms with Crippen LogP contribution in [0.1, 0.15) is 38.5 Å². The van der Waals surface area contributed by atoms with Gasteiger partial charge in [-0.3, -0.25) is 9.69 Å². The second-order valence-electron chi connectivity index (χ2n) is 6.29. The third-order valence-corrected chi connectivity index (χ3v) is 4.82. The molecular formula is C16H26N2O3. The lowest BCUT2D eigenvalue weighted by Crippen LogP contribution is -2.38. The van der Waals surface area contributed by atoms with E-state index in [-0.39, 0.29) is 11.8 Å². The Hall–Kier alpha value is -1.23. The molecule has 1 amide bonds. The Kier molecular flexibility index (Phi) is 5.01. The highest BCUT2D eigenvalue weighted by atomic mass is 16.6. The van der Waals surface area contributed by atoms with Crippen LogP contribution in [-0.2, 0) is 14.3 Å². The predicted octanol–water partition coefficient (Wildman–Crippen LogP) is 1.65. The summed E-state index contributed by atoms with van der Waals surface area (Å²) in [6.07, 6.45) is 9.29. The molecule has 21 heavy (non-hydrogen) atoms. The second kappa shape index (κ2) is 7.16. The standard InChI is InChI=1S/C16H26N2O3/c19-16(17-10-15-12-20-8-9-21-15)13-6-7-18(11-13)14-4-2-1-3-5-14/h12-14H,1-11H2,(H,17,19)/t13-/m0/s1. The van der Waals surface area contributed by atoms with E-state index in [0.29, 0.717) is 25.8 Å². The van der Waals surface area contributed by atoms with Crippen molar-refractivity contribution >= 4 is 5.91 Å². The maximum Gasteiger partial charge on any atom is 0.224 e. The summed E-state index contributed by atoms with van der Waals surface area (Å²) in [6, 6.07) is 0.717. The van der Waals surface area contributed by atoms with Gasteiger partial charge in [-0.05, 0) is 25.8 Å². The summed E-state index contributed by atoms with van der Waals surface area (Å²) in [4.78, 5) is 14.8. The van der Waals surface area contributed by atoms with Crippen molar-refractivity contribution in [1.82, 2.24) is 10.2 Å². The first-order valence-electron chi connectivity index (χ1n) is 8.28. The van der Waals surface area contributed by atoms with Crippen LogP contribution in [0.2, 0.25) is 0 Å². The van der Waals surface area contributed by atoms with E-state index in [2.05, 4.69) is 10.2 Å². The third-order valence-electron chi connectivity index (χ3n) is 4.82. The number of rotatable bonds is 4. The molecule has 0 aromatic carbocycles. The molecule has 0 radical (unpaired) electrons.